The fraction of sp³-hybridized carbons (Fsp3) is 0.800. The van der Waals surface area contributed by atoms with Gasteiger partial charge in [-0.05, 0) is 18.0 Å². The second-order valence-corrected chi connectivity index (χ2v) is 1.92. The molecular formula is C5H10NO+. The first-order chi connectivity index (χ1) is 3.43. The average molecular weight is 100 g/mol. The van der Waals surface area contributed by atoms with Crippen LogP contribution in [-0.4, -0.2) is 10.9 Å². The predicted molar refractivity (Wildman–Crippen MR) is 26.2 cm³/mol. The summed E-state index contributed by atoms with van der Waals surface area (Å²) in [6, 6.07) is 0. The van der Waals surface area contributed by atoms with Crippen LogP contribution in [0.4, 0.5) is 0 Å². The Labute approximate surface area is 42.8 Å². The van der Waals surface area contributed by atoms with E-state index in [1.165, 1.54) is 12.8 Å². The molecule has 0 heterocycles. The van der Waals surface area contributed by atoms with Crippen LogP contribution in [0.15, 0.2) is 0 Å². The zero-order chi connectivity index (χ0) is 5.11. The fourth-order valence-corrected chi connectivity index (χ4v) is 0.914. The Bertz CT molecular complexity index is 80.1. The summed E-state index contributed by atoms with van der Waals surface area (Å²) in [5.41, 5.74) is 1.10. The zero-order valence-electron chi connectivity index (χ0n) is 4.28. The normalized spacial score (nSPS) is 20.3. The summed E-state index contributed by atoms with van der Waals surface area (Å²) in [4.78, 5) is 0. The highest BCUT2D eigenvalue weighted by molar-refractivity contribution is 5.80. The molecule has 0 aromatic rings. The number of rotatable bonds is 0. The molecule has 0 aliphatic heterocycles. The van der Waals surface area contributed by atoms with Gasteiger partial charge in [-0.3, -0.25) is 5.21 Å². The van der Waals surface area contributed by atoms with Crippen molar-refractivity contribution in [2.75, 3.05) is 0 Å². The predicted octanol–water partition coefficient (Wildman–Crippen LogP) is -0.529. The minimum absolute atomic E-state index is 1.07. The van der Waals surface area contributed by atoms with E-state index in [1.54, 1.807) is 0 Å². The van der Waals surface area contributed by atoms with Gasteiger partial charge in [0.15, 0.2) is 0 Å². The van der Waals surface area contributed by atoms with Crippen LogP contribution in [0.1, 0.15) is 25.7 Å². The van der Waals surface area contributed by atoms with E-state index in [0.29, 0.717) is 0 Å². The summed E-state index contributed by atoms with van der Waals surface area (Å²) in [5, 5.41) is 10.5. The molecule has 40 valence electrons. The van der Waals surface area contributed by atoms with E-state index in [-0.39, 0.29) is 0 Å². The molecule has 2 N–H and O–H groups in total. The SMILES string of the molecule is O[NH+]=C1CCCC1. The summed E-state index contributed by atoms with van der Waals surface area (Å²) in [6.45, 7) is 0. The zero-order valence-corrected chi connectivity index (χ0v) is 4.28. The molecule has 1 rings (SSSR count). The van der Waals surface area contributed by atoms with Gasteiger partial charge in [0, 0.05) is 12.8 Å². The van der Waals surface area contributed by atoms with E-state index < -0.39 is 0 Å². The van der Waals surface area contributed by atoms with Gasteiger partial charge >= 0.3 is 0 Å². The monoisotopic (exact) mass is 100 g/mol. The molecule has 1 saturated carbocycles. The smallest absolute Gasteiger partial charge is 0.201 e. The Hall–Kier alpha value is -0.530. The first-order valence-electron chi connectivity index (χ1n) is 2.68. The van der Waals surface area contributed by atoms with Crippen LogP contribution < -0.4 is 5.16 Å². The molecule has 1 aliphatic carbocycles. The molecule has 1 fully saturated rings. The molecule has 0 bridgehead atoms. The molecule has 0 spiro atoms. The molecule has 2 nitrogen and oxygen atoms in total. The quantitative estimate of drug-likeness (QED) is 0.311. The van der Waals surface area contributed by atoms with Crippen LogP contribution >= 0.6 is 0 Å². The summed E-state index contributed by atoms with van der Waals surface area (Å²) in [5.74, 6) is 0. The number of hydrogen-bond acceptors (Lipinski definition) is 1. The van der Waals surface area contributed by atoms with Crippen LogP contribution in [0.2, 0.25) is 0 Å². The van der Waals surface area contributed by atoms with Gasteiger partial charge in [0.2, 0.25) is 5.71 Å². The number of nitrogens with one attached hydrogen (secondary N) is 1. The van der Waals surface area contributed by atoms with Crippen molar-refractivity contribution in [3.63, 3.8) is 0 Å². The maximum Gasteiger partial charge on any atom is 0.201 e. The van der Waals surface area contributed by atoms with Gasteiger partial charge < -0.3 is 0 Å². The van der Waals surface area contributed by atoms with E-state index in [0.717, 1.165) is 18.6 Å². The minimum Gasteiger partial charge on any atom is -0.293 e. The van der Waals surface area contributed by atoms with Crippen molar-refractivity contribution >= 4 is 5.71 Å². The standard InChI is InChI=1S/C5H9NO/c7-6-5-3-1-2-4-5/h7H,1-4H2/p+1. The van der Waals surface area contributed by atoms with E-state index in [1.807, 2.05) is 0 Å². The lowest BCUT2D eigenvalue weighted by Crippen LogP contribution is -2.68. The Morgan fingerprint density at radius 1 is 1.29 bits per heavy atom. The molecule has 0 amide bonds. The van der Waals surface area contributed by atoms with Crippen molar-refractivity contribution in [1.29, 1.82) is 0 Å². The highest BCUT2D eigenvalue weighted by atomic mass is 16.4. The molecule has 0 radical (unpaired) electrons. The summed E-state index contributed by atoms with van der Waals surface area (Å²) in [7, 11) is 0. The third kappa shape index (κ3) is 0.918. The number of hydrogen-bond donors (Lipinski definition) is 2. The van der Waals surface area contributed by atoms with Crippen molar-refractivity contribution in [2.45, 2.75) is 25.7 Å². The third-order valence-corrected chi connectivity index (χ3v) is 1.37. The van der Waals surface area contributed by atoms with Gasteiger partial charge in [-0.25, -0.2) is 0 Å². The Balaban J connectivity index is 2.41. The topological polar surface area (TPSA) is 34.2 Å². The Morgan fingerprint density at radius 2 is 1.86 bits per heavy atom. The van der Waals surface area contributed by atoms with E-state index in [9.17, 15) is 0 Å². The summed E-state index contributed by atoms with van der Waals surface area (Å²) >= 11 is 0. The highest BCUT2D eigenvalue weighted by Gasteiger charge is 2.12. The molecule has 0 saturated heterocycles. The van der Waals surface area contributed by atoms with E-state index in [4.69, 9.17) is 5.21 Å². The molecular weight excluding hydrogens is 90.1 g/mol. The van der Waals surface area contributed by atoms with Gasteiger partial charge in [-0.15, -0.1) is 0 Å². The fourth-order valence-electron chi connectivity index (χ4n) is 0.914. The van der Waals surface area contributed by atoms with Crippen LogP contribution in [0, 0.1) is 0 Å². The van der Waals surface area contributed by atoms with Crippen molar-refractivity contribution < 1.29 is 10.4 Å². The van der Waals surface area contributed by atoms with Crippen LogP contribution in [-0.2, 0) is 0 Å². The van der Waals surface area contributed by atoms with Crippen molar-refractivity contribution in [2.24, 2.45) is 0 Å². The molecule has 1 aliphatic rings. The Kier molecular flexibility index (Phi) is 1.29. The average Bonchev–Trinajstić information content (AvgIpc) is 2.14. The van der Waals surface area contributed by atoms with E-state index in [2.05, 4.69) is 5.16 Å². The minimum atomic E-state index is 1.07. The molecule has 0 unspecified atom stereocenters. The second kappa shape index (κ2) is 1.96. The lowest BCUT2D eigenvalue weighted by Gasteiger charge is -1.73. The summed E-state index contributed by atoms with van der Waals surface area (Å²) < 4.78 is 0. The third-order valence-electron chi connectivity index (χ3n) is 1.37. The van der Waals surface area contributed by atoms with Gasteiger partial charge in [0.1, 0.15) is 0 Å². The molecule has 0 aromatic carbocycles. The molecule has 7 heavy (non-hydrogen) atoms. The second-order valence-electron chi connectivity index (χ2n) is 1.92. The Morgan fingerprint density at radius 3 is 2.14 bits per heavy atom. The van der Waals surface area contributed by atoms with Gasteiger partial charge in [-0.2, -0.15) is 0 Å². The van der Waals surface area contributed by atoms with Crippen molar-refractivity contribution in [1.82, 2.24) is 0 Å². The van der Waals surface area contributed by atoms with Crippen molar-refractivity contribution in [3.05, 3.63) is 0 Å². The summed E-state index contributed by atoms with van der Waals surface area (Å²) in [6.07, 6.45) is 4.61. The maximum atomic E-state index is 8.28. The van der Waals surface area contributed by atoms with Crippen LogP contribution in [0.25, 0.3) is 0 Å². The molecule has 0 atom stereocenters. The largest absolute Gasteiger partial charge is 0.293 e. The first-order valence-corrected chi connectivity index (χ1v) is 2.68. The van der Waals surface area contributed by atoms with Gasteiger partial charge in [-0.1, -0.05) is 0 Å². The van der Waals surface area contributed by atoms with Gasteiger partial charge in [0.05, 0.1) is 0 Å². The van der Waals surface area contributed by atoms with Crippen LogP contribution in [0.5, 0.6) is 0 Å². The maximum absolute atomic E-state index is 8.28. The van der Waals surface area contributed by atoms with Crippen molar-refractivity contribution in [3.8, 4) is 0 Å². The van der Waals surface area contributed by atoms with Crippen LogP contribution in [0.3, 0.4) is 0 Å². The highest BCUT2D eigenvalue weighted by Crippen LogP contribution is 2.10. The lowest BCUT2D eigenvalue weighted by molar-refractivity contribution is -0.738. The van der Waals surface area contributed by atoms with Gasteiger partial charge in [0.25, 0.3) is 0 Å². The lowest BCUT2D eigenvalue weighted by atomic mass is 10.3. The molecule has 2 heteroatoms. The first kappa shape index (κ1) is 4.62. The van der Waals surface area contributed by atoms with E-state index >= 15 is 0 Å². The molecule has 0 aromatic heterocycles.